The van der Waals surface area contributed by atoms with Gasteiger partial charge >= 0.3 is 0 Å². The summed E-state index contributed by atoms with van der Waals surface area (Å²) in [5.74, 6) is 0.107. The second-order valence-electron chi connectivity index (χ2n) is 4.49. The van der Waals surface area contributed by atoms with Gasteiger partial charge in [-0.1, -0.05) is 25.7 Å². The second kappa shape index (κ2) is 5.61. The molecule has 0 aromatic carbocycles. The van der Waals surface area contributed by atoms with Gasteiger partial charge < -0.3 is 11.1 Å². The van der Waals surface area contributed by atoms with E-state index in [2.05, 4.69) is 15.3 Å². The largest absolute Gasteiger partial charge is 0.382 e. The van der Waals surface area contributed by atoms with Crippen LogP contribution in [0.5, 0.6) is 0 Å². The van der Waals surface area contributed by atoms with Gasteiger partial charge in [0.2, 0.25) is 0 Å². The standard InChI is InChI=1S/C12H18N4O/c13-11-8-14-7-10(16-11)12(17)15-9-5-3-1-2-4-6-9/h7-9H,1-6H2,(H2,13,16)(H,15,17). The zero-order valence-corrected chi connectivity index (χ0v) is 9.85. The molecule has 3 N–H and O–H groups in total. The lowest BCUT2D eigenvalue weighted by Gasteiger charge is -2.15. The minimum Gasteiger partial charge on any atom is -0.382 e. The molecule has 0 spiro atoms. The van der Waals surface area contributed by atoms with Crippen LogP contribution >= 0.6 is 0 Å². The first-order valence-electron chi connectivity index (χ1n) is 6.14. The third kappa shape index (κ3) is 3.41. The van der Waals surface area contributed by atoms with Crippen LogP contribution in [0.3, 0.4) is 0 Å². The zero-order valence-electron chi connectivity index (χ0n) is 9.85. The minimum atomic E-state index is -0.170. The van der Waals surface area contributed by atoms with Crippen LogP contribution in [-0.2, 0) is 0 Å². The van der Waals surface area contributed by atoms with Gasteiger partial charge in [0.05, 0.1) is 12.4 Å². The Kier molecular flexibility index (Phi) is 3.90. The Hall–Kier alpha value is -1.65. The summed E-state index contributed by atoms with van der Waals surface area (Å²) < 4.78 is 0. The number of nitrogens with two attached hydrogens (primary N) is 1. The molecular formula is C12H18N4O. The number of anilines is 1. The van der Waals surface area contributed by atoms with Gasteiger partial charge in [0, 0.05) is 6.04 Å². The highest BCUT2D eigenvalue weighted by Crippen LogP contribution is 2.17. The van der Waals surface area contributed by atoms with Crippen molar-refractivity contribution in [2.24, 2.45) is 0 Å². The molecule has 0 unspecified atom stereocenters. The second-order valence-corrected chi connectivity index (χ2v) is 4.49. The lowest BCUT2D eigenvalue weighted by molar-refractivity contribution is 0.0928. The van der Waals surface area contributed by atoms with Gasteiger partial charge in [-0.05, 0) is 12.8 Å². The predicted molar refractivity (Wildman–Crippen MR) is 65.4 cm³/mol. The molecule has 92 valence electrons. The third-order valence-corrected chi connectivity index (χ3v) is 3.08. The number of carbonyl (C=O) groups is 1. The maximum atomic E-state index is 11.9. The van der Waals surface area contributed by atoms with E-state index in [0.717, 1.165) is 12.8 Å². The van der Waals surface area contributed by atoms with E-state index in [9.17, 15) is 4.79 Å². The van der Waals surface area contributed by atoms with Gasteiger partial charge in [-0.3, -0.25) is 9.78 Å². The SMILES string of the molecule is Nc1cncc(C(=O)NC2CCCCCC2)n1. The van der Waals surface area contributed by atoms with Crippen molar-refractivity contribution in [3.8, 4) is 0 Å². The Balaban J connectivity index is 1.96. The van der Waals surface area contributed by atoms with E-state index in [0.29, 0.717) is 5.69 Å². The van der Waals surface area contributed by atoms with E-state index in [-0.39, 0.29) is 17.8 Å². The van der Waals surface area contributed by atoms with E-state index in [1.807, 2.05) is 0 Å². The molecule has 1 amide bonds. The number of hydrogen-bond acceptors (Lipinski definition) is 4. The number of amides is 1. The van der Waals surface area contributed by atoms with Gasteiger partial charge in [-0.15, -0.1) is 0 Å². The number of aromatic nitrogens is 2. The van der Waals surface area contributed by atoms with Gasteiger partial charge in [0.15, 0.2) is 0 Å². The molecule has 5 heteroatoms. The van der Waals surface area contributed by atoms with Crippen molar-refractivity contribution in [3.63, 3.8) is 0 Å². The maximum absolute atomic E-state index is 11.9. The lowest BCUT2D eigenvalue weighted by Crippen LogP contribution is -2.35. The fraction of sp³-hybridized carbons (Fsp3) is 0.583. The summed E-state index contributed by atoms with van der Waals surface area (Å²) in [7, 11) is 0. The highest BCUT2D eigenvalue weighted by atomic mass is 16.1. The van der Waals surface area contributed by atoms with Crippen molar-refractivity contribution in [1.29, 1.82) is 0 Å². The van der Waals surface area contributed by atoms with Gasteiger partial charge in [0.1, 0.15) is 11.5 Å². The Labute approximate surface area is 101 Å². The molecule has 17 heavy (non-hydrogen) atoms. The number of nitrogen functional groups attached to an aromatic ring is 1. The van der Waals surface area contributed by atoms with E-state index >= 15 is 0 Å². The summed E-state index contributed by atoms with van der Waals surface area (Å²) in [6.45, 7) is 0. The number of carbonyl (C=O) groups excluding carboxylic acids is 1. The van der Waals surface area contributed by atoms with Crippen LogP contribution in [-0.4, -0.2) is 21.9 Å². The molecule has 1 heterocycles. The quantitative estimate of drug-likeness (QED) is 0.760. The molecule has 1 saturated carbocycles. The summed E-state index contributed by atoms with van der Waals surface area (Å²) in [6.07, 6.45) is 9.91. The molecular weight excluding hydrogens is 216 g/mol. The molecule has 1 aliphatic carbocycles. The van der Waals surface area contributed by atoms with Crippen molar-refractivity contribution in [2.75, 3.05) is 5.73 Å². The van der Waals surface area contributed by atoms with Crippen LogP contribution in [0.25, 0.3) is 0 Å². The van der Waals surface area contributed by atoms with E-state index in [1.165, 1.54) is 38.1 Å². The first-order chi connectivity index (χ1) is 8.25. The van der Waals surface area contributed by atoms with Crippen molar-refractivity contribution in [1.82, 2.24) is 15.3 Å². The third-order valence-electron chi connectivity index (χ3n) is 3.08. The highest BCUT2D eigenvalue weighted by molar-refractivity contribution is 5.92. The van der Waals surface area contributed by atoms with E-state index < -0.39 is 0 Å². The van der Waals surface area contributed by atoms with Crippen LogP contribution in [0.4, 0.5) is 5.82 Å². The van der Waals surface area contributed by atoms with Crippen LogP contribution in [0.2, 0.25) is 0 Å². The summed E-state index contributed by atoms with van der Waals surface area (Å²) in [6, 6.07) is 0.272. The average molecular weight is 234 g/mol. The van der Waals surface area contributed by atoms with Crippen molar-refractivity contribution in [2.45, 2.75) is 44.6 Å². The molecule has 0 bridgehead atoms. The molecule has 1 fully saturated rings. The number of nitrogens with one attached hydrogen (secondary N) is 1. The molecule has 0 atom stereocenters. The lowest BCUT2D eigenvalue weighted by atomic mass is 10.1. The molecule has 0 saturated heterocycles. The topological polar surface area (TPSA) is 80.9 Å². The first-order valence-corrected chi connectivity index (χ1v) is 6.14. The first kappa shape index (κ1) is 11.8. The Morgan fingerprint density at radius 2 is 1.94 bits per heavy atom. The van der Waals surface area contributed by atoms with E-state index in [4.69, 9.17) is 5.73 Å². The molecule has 1 aliphatic rings. The van der Waals surface area contributed by atoms with Crippen LogP contribution in [0, 0.1) is 0 Å². The fourth-order valence-corrected chi connectivity index (χ4v) is 2.17. The highest BCUT2D eigenvalue weighted by Gasteiger charge is 2.16. The Morgan fingerprint density at radius 3 is 2.59 bits per heavy atom. The molecule has 2 rings (SSSR count). The van der Waals surface area contributed by atoms with E-state index in [1.54, 1.807) is 0 Å². The summed E-state index contributed by atoms with van der Waals surface area (Å²) in [5, 5.41) is 3.01. The Morgan fingerprint density at radius 1 is 1.24 bits per heavy atom. The van der Waals surface area contributed by atoms with Crippen molar-refractivity contribution in [3.05, 3.63) is 18.1 Å². The summed E-state index contributed by atoms with van der Waals surface area (Å²) in [5.41, 5.74) is 5.80. The summed E-state index contributed by atoms with van der Waals surface area (Å²) >= 11 is 0. The van der Waals surface area contributed by atoms with Gasteiger partial charge in [0.25, 0.3) is 5.91 Å². The Bertz CT molecular complexity index is 386. The summed E-state index contributed by atoms with van der Waals surface area (Å²) in [4.78, 5) is 19.7. The van der Waals surface area contributed by atoms with Crippen molar-refractivity contribution < 1.29 is 4.79 Å². The molecule has 0 radical (unpaired) electrons. The maximum Gasteiger partial charge on any atom is 0.271 e. The normalized spacial score (nSPS) is 17.4. The predicted octanol–water partition coefficient (Wildman–Crippen LogP) is 1.51. The number of hydrogen-bond donors (Lipinski definition) is 2. The van der Waals surface area contributed by atoms with Crippen LogP contribution < -0.4 is 11.1 Å². The van der Waals surface area contributed by atoms with Crippen LogP contribution in [0.1, 0.15) is 49.0 Å². The molecule has 5 nitrogen and oxygen atoms in total. The zero-order chi connectivity index (χ0) is 12.1. The number of nitrogens with zero attached hydrogens (tertiary/aromatic N) is 2. The smallest absolute Gasteiger partial charge is 0.271 e. The van der Waals surface area contributed by atoms with Gasteiger partial charge in [-0.25, -0.2) is 4.98 Å². The van der Waals surface area contributed by atoms with Crippen LogP contribution in [0.15, 0.2) is 12.4 Å². The fourth-order valence-electron chi connectivity index (χ4n) is 2.17. The minimum absolute atomic E-state index is 0.170. The molecule has 0 aliphatic heterocycles. The average Bonchev–Trinajstić information content (AvgIpc) is 2.57. The molecule has 1 aromatic rings. The van der Waals surface area contributed by atoms with Crippen molar-refractivity contribution >= 4 is 11.7 Å². The number of rotatable bonds is 2. The molecule has 1 aromatic heterocycles. The monoisotopic (exact) mass is 234 g/mol. The van der Waals surface area contributed by atoms with Gasteiger partial charge in [-0.2, -0.15) is 0 Å².